The van der Waals surface area contributed by atoms with E-state index in [0.29, 0.717) is 21.2 Å². The summed E-state index contributed by atoms with van der Waals surface area (Å²) in [4.78, 5) is 38.0. The number of hydrogen-bond donors (Lipinski definition) is 0. The molecule has 6 nitrogen and oxygen atoms in total. The molecule has 0 aromatic heterocycles. The molecule has 1 saturated carbocycles. The normalized spacial score (nSPS) is 26.2. The van der Waals surface area contributed by atoms with E-state index < -0.39 is 5.97 Å². The second-order valence-electron chi connectivity index (χ2n) is 7.81. The van der Waals surface area contributed by atoms with E-state index in [1.54, 1.807) is 36.4 Å². The standard InChI is InChI=1S/C23H16Cl2N2O4/c24-16-5-3-12(4-6-16)23(30)31-18-8-7-17(25)10-15(18)11-26-27-21(28)19-13-1-2-14(9-13)20(19)22(27)29/h1-8,10-11,13-14,19-20H,9H2/t13-,14-,19-,20+/m0/s1. The lowest BCUT2D eigenvalue weighted by molar-refractivity contribution is -0.140. The van der Waals surface area contributed by atoms with E-state index in [9.17, 15) is 14.4 Å². The first-order valence-electron chi connectivity index (χ1n) is 9.80. The summed E-state index contributed by atoms with van der Waals surface area (Å²) >= 11 is 11.9. The molecule has 5 rings (SSSR count). The number of nitrogens with zero attached hydrogens (tertiary/aromatic N) is 2. The number of amides is 2. The Bertz CT molecular complexity index is 1130. The van der Waals surface area contributed by atoms with Crippen molar-refractivity contribution in [3.8, 4) is 5.75 Å². The van der Waals surface area contributed by atoms with Crippen LogP contribution in [0.3, 0.4) is 0 Å². The SMILES string of the molecule is O=C(Oc1ccc(Cl)cc1C=NN1C(=O)[C@@H]2[C@H](C1=O)[C@H]1C=C[C@H]2C1)c1ccc(Cl)cc1. The van der Waals surface area contributed by atoms with Crippen molar-refractivity contribution in [2.75, 3.05) is 0 Å². The summed E-state index contributed by atoms with van der Waals surface area (Å²) in [7, 11) is 0. The molecule has 2 bridgehead atoms. The molecule has 1 saturated heterocycles. The fourth-order valence-corrected chi connectivity index (χ4v) is 4.88. The molecule has 4 atom stereocenters. The third kappa shape index (κ3) is 3.46. The number of allylic oxidation sites excluding steroid dienone is 2. The van der Waals surface area contributed by atoms with Crippen LogP contribution in [0.25, 0.3) is 0 Å². The van der Waals surface area contributed by atoms with Crippen LogP contribution in [0.15, 0.2) is 59.7 Å². The first kappa shape index (κ1) is 20.0. The van der Waals surface area contributed by atoms with Crippen LogP contribution in [0, 0.1) is 23.7 Å². The van der Waals surface area contributed by atoms with E-state index in [2.05, 4.69) is 5.10 Å². The topological polar surface area (TPSA) is 76.0 Å². The van der Waals surface area contributed by atoms with Crippen LogP contribution in [0.2, 0.25) is 10.0 Å². The molecular formula is C23H16Cl2N2O4. The van der Waals surface area contributed by atoms with Crippen molar-refractivity contribution in [3.05, 3.63) is 75.8 Å². The van der Waals surface area contributed by atoms with Crippen LogP contribution in [0.5, 0.6) is 5.75 Å². The monoisotopic (exact) mass is 454 g/mol. The highest BCUT2D eigenvalue weighted by atomic mass is 35.5. The smallest absolute Gasteiger partial charge is 0.343 e. The first-order chi connectivity index (χ1) is 14.9. The number of hydrazone groups is 1. The molecule has 2 fully saturated rings. The zero-order valence-electron chi connectivity index (χ0n) is 16.1. The largest absolute Gasteiger partial charge is 0.422 e. The van der Waals surface area contributed by atoms with Crippen LogP contribution in [0.1, 0.15) is 22.3 Å². The van der Waals surface area contributed by atoms with Gasteiger partial charge in [0, 0.05) is 15.6 Å². The minimum atomic E-state index is -0.584. The third-order valence-corrected chi connectivity index (χ3v) is 6.50. The maximum atomic E-state index is 12.8. The van der Waals surface area contributed by atoms with Gasteiger partial charge in [0.2, 0.25) is 0 Å². The summed E-state index contributed by atoms with van der Waals surface area (Å²) in [5, 5.41) is 5.98. The Balaban J connectivity index is 1.38. The number of fused-ring (bicyclic) bond motifs is 5. The van der Waals surface area contributed by atoms with Gasteiger partial charge in [0.25, 0.3) is 11.8 Å². The molecule has 1 heterocycles. The number of imide groups is 1. The number of rotatable bonds is 4. The van der Waals surface area contributed by atoms with Gasteiger partial charge in [-0.1, -0.05) is 35.4 Å². The molecule has 3 aliphatic rings. The van der Waals surface area contributed by atoms with Crippen LogP contribution in [0.4, 0.5) is 0 Å². The van der Waals surface area contributed by atoms with Crippen molar-refractivity contribution < 1.29 is 19.1 Å². The number of halogens is 2. The maximum absolute atomic E-state index is 12.8. The summed E-state index contributed by atoms with van der Waals surface area (Å²) in [5.74, 6) is -1.41. The van der Waals surface area contributed by atoms with E-state index in [4.69, 9.17) is 27.9 Å². The lowest BCUT2D eigenvalue weighted by Crippen LogP contribution is -2.28. The summed E-state index contributed by atoms with van der Waals surface area (Å²) in [5.41, 5.74) is 0.691. The molecule has 1 aliphatic heterocycles. The molecule has 0 spiro atoms. The minimum absolute atomic E-state index is 0.105. The lowest BCUT2D eigenvalue weighted by atomic mass is 9.85. The van der Waals surface area contributed by atoms with Crippen LogP contribution in [-0.4, -0.2) is 29.0 Å². The number of hydrogen-bond acceptors (Lipinski definition) is 5. The van der Waals surface area contributed by atoms with Crippen molar-refractivity contribution >= 4 is 47.2 Å². The molecule has 2 amide bonds. The Morgan fingerprint density at radius 1 is 0.968 bits per heavy atom. The van der Waals surface area contributed by atoms with Crippen LogP contribution < -0.4 is 4.74 Å². The van der Waals surface area contributed by atoms with Crippen molar-refractivity contribution in [1.82, 2.24) is 5.01 Å². The molecular weight excluding hydrogens is 439 g/mol. The molecule has 156 valence electrons. The molecule has 2 aromatic rings. The Morgan fingerprint density at radius 2 is 1.58 bits per heavy atom. The predicted molar refractivity (Wildman–Crippen MR) is 115 cm³/mol. The fraction of sp³-hybridized carbons (Fsp3) is 0.217. The Kier molecular flexibility index (Phi) is 4.91. The van der Waals surface area contributed by atoms with E-state index in [1.165, 1.54) is 12.3 Å². The number of esters is 1. The second-order valence-corrected chi connectivity index (χ2v) is 8.68. The van der Waals surface area contributed by atoms with Gasteiger partial charge in [0.15, 0.2) is 0 Å². The fourth-order valence-electron chi connectivity index (χ4n) is 4.58. The van der Waals surface area contributed by atoms with Gasteiger partial charge < -0.3 is 4.74 Å². The lowest BCUT2D eigenvalue weighted by Gasteiger charge is -2.13. The quantitative estimate of drug-likeness (QED) is 0.226. The molecule has 0 radical (unpaired) electrons. The van der Waals surface area contributed by atoms with Gasteiger partial charge >= 0.3 is 5.97 Å². The molecule has 31 heavy (non-hydrogen) atoms. The number of benzene rings is 2. The number of carbonyl (C=O) groups is 3. The van der Waals surface area contributed by atoms with Crippen LogP contribution >= 0.6 is 23.2 Å². The Labute approximate surface area is 188 Å². The van der Waals surface area contributed by atoms with E-state index in [1.807, 2.05) is 12.2 Å². The van der Waals surface area contributed by atoms with E-state index >= 15 is 0 Å². The third-order valence-electron chi connectivity index (χ3n) is 6.01. The highest BCUT2D eigenvalue weighted by Crippen LogP contribution is 2.52. The summed E-state index contributed by atoms with van der Waals surface area (Å²) < 4.78 is 5.48. The van der Waals surface area contributed by atoms with Gasteiger partial charge in [-0.15, -0.1) is 0 Å². The zero-order valence-corrected chi connectivity index (χ0v) is 17.6. The minimum Gasteiger partial charge on any atom is -0.422 e. The zero-order chi connectivity index (χ0) is 21.7. The van der Waals surface area contributed by atoms with Gasteiger partial charge in [-0.2, -0.15) is 10.1 Å². The summed E-state index contributed by atoms with van der Waals surface area (Å²) in [6.45, 7) is 0. The molecule has 2 aromatic carbocycles. The van der Waals surface area contributed by atoms with Crippen molar-refractivity contribution in [2.24, 2.45) is 28.8 Å². The van der Waals surface area contributed by atoms with E-state index in [-0.39, 0.29) is 41.2 Å². The van der Waals surface area contributed by atoms with Crippen molar-refractivity contribution in [1.29, 1.82) is 0 Å². The van der Waals surface area contributed by atoms with Gasteiger partial charge in [0.1, 0.15) is 5.75 Å². The Hall–Kier alpha value is -2.96. The van der Waals surface area contributed by atoms with Gasteiger partial charge in [-0.25, -0.2) is 4.79 Å². The molecule has 8 heteroatoms. The Morgan fingerprint density at radius 3 is 2.23 bits per heavy atom. The molecule has 0 unspecified atom stereocenters. The first-order valence-corrected chi connectivity index (χ1v) is 10.6. The molecule has 2 aliphatic carbocycles. The van der Waals surface area contributed by atoms with Crippen molar-refractivity contribution in [3.63, 3.8) is 0 Å². The van der Waals surface area contributed by atoms with Gasteiger partial charge in [0.05, 0.1) is 23.6 Å². The van der Waals surface area contributed by atoms with Crippen LogP contribution in [-0.2, 0) is 9.59 Å². The van der Waals surface area contributed by atoms with Crippen molar-refractivity contribution in [2.45, 2.75) is 6.42 Å². The van der Waals surface area contributed by atoms with Gasteiger partial charge in [-0.05, 0) is 60.7 Å². The number of ether oxygens (including phenoxy) is 1. The average Bonchev–Trinajstić information content (AvgIpc) is 3.43. The van der Waals surface area contributed by atoms with E-state index in [0.717, 1.165) is 11.4 Å². The highest BCUT2D eigenvalue weighted by Gasteiger charge is 2.59. The molecule has 0 N–H and O–H groups in total. The maximum Gasteiger partial charge on any atom is 0.343 e. The number of carbonyl (C=O) groups excluding carboxylic acids is 3. The summed E-state index contributed by atoms with van der Waals surface area (Å²) in [6, 6.07) is 10.9. The highest BCUT2D eigenvalue weighted by molar-refractivity contribution is 6.31. The predicted octanol–water partition coefficient (Wildman–Crippen LogP) is 4.35. The average molecular weight is 455 g/mol. The second kappa shape index (κ2) is 7.62. The van der Waals surface area contributed by atoms with Gasteiger partial charge in [-0.3, -0.25) is 9.59 Å². The summed E-state index contributed by atoms with van der Waals surface area (Å²) in [6.07, 6.45) is 6.22.